The third-order valence-electron chi connectivity index (χ3n) is 4.54. The first-order valence-corrected chi connectivity index (χ1v) is 9.90. The summed E-state index contributed by atoms with van der Waals surface area (Å²) in [6.45, 7) is 5.21. The summed E-state index contributed by atoms with van der Waals surface area (Å²) < 4.78 is 8.03. The second-order valence-corrected chi connectivity index (χ2v) is 7.42. The van der Waals surface area contributed by atoms with Gasteiger partial charge in [-0.15, -0.1) is 0 Å². The maximum absolute atomic E-state index is 12.9. The predicted octanol–water partition coefficient (Wildman–Crippen LogP) is 1.64. The molecule has 0 bridgehead atoms. The number of hydrogen-bond donors (Lipinski definition) is 0. The molecule has 0 N–H and O–H groups in total. The van der Waals surface area contributed by atoms with Gasteiger partial charge in [0.1, 0.15) is 19.2 Å². The molecule has 3 aromatic rings. The zero-order chi connectivity index (χ0) is 18.5. The molecule has 0 spiro atoms. The molecule has 8 nitrogen and oxygen atoms in total. The molecule has 27 heavy (non-hydrogen) atoms. The van der Waals surface area contributed by atoms with Crippen LogP contribution in [0, 0.1) is 0 Å². The molecule has 0 atom stereocenters. The van der Waals surface area contributed by atoms with E-state index in [9.17, 15) is 4.79 Å². The lowest BCUT2D eigenvalue weighted by Crippen LogP contribution is -2.40. The van der Waals surface area contributed by atoms with Gasteiger partial charge in [-0.25, -0.2) is 14.6 Å². The first-order chi connectivity index (χ1) is 13.3. The summed E-state index contributed by atoms with van der Waals surface area (Å²) in [5.41, 5.74) is 0.921. The predicted molar refractivity (Wildman–Crippen MR) is 104 cm³/mol. The van der Waals surface area contributed by atoms with E-state index in [1.54, 1.807) is 27.2 Å². The molecule has 0 radical (unpaired) electrons. The van der Waals surface area contributed by atoms with Crippen molar-refractivity contribution in [2.75, 3.05) is 44.3 Å². The Morgan fingerprint density at radius 3 is 2.89 bits per heavy atom. The normalized spacial score (nSPS) is 15.3. The number of amides is 1. The van der Waals surface area contributed by atoms with Crippen LogP contribution < -0.4 is 4.90 Å². The monoisotopic (exact) mass is 386 g/mol. The highest BCUT2D eigenvalue weighted by atomic mass is 32.1. The highest BCUT2D eigenvalue weighted by Crippen LogP contribution is 2.29. The molecule has 4 rings (SSSR count). The van der Waals surface area contributed by atoms with Crippen molar-refractivity contribution in [1.29, 1.82) is 0 Å². The van der Waals surface area contributed by atoms with Crippen molar-refractivity contribution < 1.29 is 9.53 Å². The molecule has 2 aromatic heterocycles. The topological polar surface area (TPSA) is 76.4 Å². The molecule has 1 aliphatic rings. The number of anilines is 1. The van der Waals surface area contributed by atoms with Crippen LogP contribution in [0.2, 0.25) is 0 Å². The van der Waals surface area contributed by atoms with Crippen LogP contribution in [0.4, 0.5) is 5.13 Å². The maximum Gasteiger partial charge on any atom is 0.250 e. The number of fused-ring (bicyclic) bond motifs is 1. The minimum absolute atomic E-state index is 0.0264. The van der Waals surface area contributed by atoms with Crippen LogP contribution in [-0.2, 0) is 16.1 Å². The number of para-hydroxylation sites is 1. The number of aromatic nitrogens is 4. The van der Waals surface area contributed by atoms with E-state index in [0.717, 1.165) is 54.6 Å². The fraction of sp³-hybridized carbons (Fsp3) is 0.444. The fourth-order valence-corrected chi connectivity index (χ4v) is 4.13. The molecule has 1 fully saturated rings. The molecule has 9 heteroatoms. The number of carbonyl (C=O) groups is 1. The zero-order valence-corrected chi connectivity index (χ0v) is 15.8. The standard InChI is InChI=1S/C18H22N6O2S/c25-17(12-23-14-19-13-20-23)24(7-3-6-22-8-10-26-11-9-22)18-21-15-4-1-2-5-16(15)27-18/h1-2,4-5,13-14H,3,6-12H2. The van der Waals surface area contributed by atoms with Gasteiger partial charge >= 0.3 is 0 Å². The van der Waals surface area contributed by atoms with Crippen LogP contribution in [-0.4, -0.2) is 69.9 Å². The maximum atomic E-state index is 12.9. The highest BCUT2D eigenvalue weighted by molar-refractivity contribution is 7.22. The molecule has 0 unspecified atom stereocenters. The van der Waals surface area contributed by atoms with Gasteiger partial charge in [0.2, 0.25) is 0 Å². The summed E-state index contributed by atoms with van der Waals surface area (Å²) in [7, 11) is 0. The molecule has 142 valence electrons. The lowest BCUT2D eigenvalue weighted by Gasteiger charge is -2.27. The molecule has 0 saturated carbocycles. The fourth-order valence-electron chi connectivity index (χ4n) is 3.12. The Bertz CT molecular complexity index is 842. The summed E-state index contributed by atoms with van der Waals surface area (Å²) in [6, 6.07) is 7.96. The average molecular weight is 386 g/mol. The number of hydrogen-bond acceptors (Lipinski definition) is 7. The van der Waals surface area contributed by atoms with Crippen molar-refractivity contribution in [2.45, 2.75) is 13.0 Å². The largest absolute Gasteiger partial charge is 0.379 e. The van der Waals surface area contributed by atoms with Crippen molar-refractivity contribution in [2.24, 2.45) is 0 Å². The van der Waals surface area contributed by atoms with Gasteiger partial charge in [-0.2, -0.15) is 5.10 Å². The number of benzene rings is 1. The number of ether oxygens (including phenoxy) is 1. The average Bonchev–Trinajstić information content (AvgIpc) is 3.35. The number of rotatable bonds is 7. The van der Waals surface area contributed by atoms with Gasteiger partial charge in [0.25, 0.3) is 5.91 Å². The molecule has 1 aromatic carbocycles. The second-order valence-electron chi connectivity index (χ2n) is 6.41. The number of thiazole rings is 1. The van der Waals surface area contributed by atoms with Gasteiger partial charge in [0.15, 0.2) is 5.13 Å². The van der Waals surface area contributed by atoms with E-state index in [1.807, 2.05) is 24.3 Å². The second kappa shape index (κ2) is 8.55. The van der Waals surface area contributed by atoms with E-state index >= 15 is 0 Å². The number of carbonyl (C=O) groups excluding carboxylic acids is 1. The quantitative estimate of drug-likeness (QED) is 0.614. The molecule has 0 aliphatic carbocycles. The van der Waals surface area contributed by atoms with Gasteiger partial charge in [-0.1, -0.05) is 23.5 Å². The highest BCUT2D eigenvalue weighted by Gasteiger charge is 2.21. The Balaban J connectivity index is 1.48. The minimum atomic E-state index is -0.0264. The first kappa shape index (κ1) is 18.0. The van der Waals surface area contributed by atoms with Crippen LogP contribution in [0.25, 0.3) is 10.2 Å². The van der Waals surface area contributed by atoms with Crippen LogP contribution in [0.1, 0.15) is 6.42 Å². The molecule has 1 aliphatic heterocycles. The lowest BCUT2D eigenvalue weighted by atomic mass is 10.3. The van der Waals surface area contributed by atoms with Crippen LogP contribution in [0.5, 0.6) is 0 Å². The van der Waals surface area contributed by atoms with Crippen molar-refractivity contribution in [3.8, 4) is 0 Å². The Morgan fingerprint density at radius 1 is 1.26 bits per heavy atom. The molecule has 3 heterocycles. The summed E-state index contributed by atoms with van der Waals surface area (Å²) in [5.74, 6) is -0.0264. The Hall–Kier alpha value is -2.36. The van der Waals surface area contributed by atoms with Crippen molar-refractivity contribution in [3.05, 3.63) is 36.9 Å². The van der Waals surface area contributed by atoms with Crippen LogP contribution >= 0.6 is 11.3 Å². The van der Waals surface area contributed by atoms with Crippen molar-refractivity contribution in [1.82, 2.24) is 24.6 Å². The van der Waals surface area contributed by atoms with Gasteiger partial charge in [0, 0.05) is 26.2 Å². The molecular formula is C18H22N6O2S. The summed E-state index contributed by atoms with van der Waals surface area (Å²) in [6.07, 6.45) is 3.88. The number of morpholine rings is 1. The minimum Gasteiger partial charge on any atom is -0.379 e. The summed E-state index contributed by atoms with van der Waals surface area (Å²) >= 11 is 1.55. The van der Waals surface area contributed by atoms with Crippen molar-refractivity contribution >= 4 is 32.6 Å². The Kier molecular flexibility index (Phi) is 5.71. The first-order valence-electron chi connectivity index (χ1n) is 9.08. The van der Waals surface area contributed by atoms with Crippen LogP contribution in [0.15, 0.2) is 36.9 Å². The molecule has 1 amide bonds. The van der Waals surface area contributed by atoms with Gasteiger partial charge in [-0.3, -0.25) is 14.6 Å². The van der Waals surface area contributed by atoms with E-state index < -0.39 is 0 Å². The Labute approximate surface area is 161 Å². The summed E-state index contributed by atoms with van der Waals surface area (Å²) in [4.78, 5) is 25.7. The molecule has 1 saturated heterocycles. The SMILES string of the molecule is O=C(Cn1cncn1)N(CCCN1CCOCC1)c1nc2ccccc2s1. The van der Waals surface area contributed by atoms with Gasteiger partial charge < -0.3 is 4.74 Å². The van der Waals surface area contributed by atoms with E-state index in [0.29, 0.717) is 6.54 Å². The summed E-state index contributed by atoms with van der Waals surface area (Å²) in [5, 5.41) is 4.79. The van der Waals surface area contributed by atoms with E-state index in [-0.39, 0.29) is 12.5 Å². The van der Waals surface area contributed by atoms with E-state index in [1.165, 1.54) is 6.33 Å². The third kappa shape index (κ3) is 4.49. The van der Waals surface area contributed by atoms with Gasteiger partial charge in [0.05, 0.1) is 23.4 Å². The number of nitrogens with zero attached hydrogens (tertiary/aromatic N) is 6. The lowest BCUT2D eigenvalue weighted by molar-refractivity contribution is -0.119. The zero-order valence-electron chi connectivity index (χ0n) is 15.0. The van der Waals surface area contributed by atoms with E-state index in [4.69, 9.17) is 4.74 Å². The molecular weight excluding hydrogens is 364 g/mol. The van der Waals surface area contributed by atoms with Crippen molar-refractivity contribution in [3.63, 3.8) is 0 Å². The third-order valence-corrected chi connectivity index (χ3v) is 5.60. The van der Waals surface area contributed by atoms with Crippen LogP contribution in [0.3, 0.4) is 0 Å². The van der Waals surface area contributed by atoms with E-state index in [2.05, 4.69) is 20.0 Å². The Morgan fingerprint density at radius 2 is 2.11 bits per heavy atom. The smallest absolute Gasteiger partial charge is 0.250 e. The van der Waals surface area contributed by atoms with Gasteiger partial charge in [-0.05, 0) is 18.6 Å².